The minimum absolute atomic E-state index is 0.117. The van der Waals surface area contributed by atoms with Gasteiger partial charge in [-0.25, -0.2) is 0 Å². The second kappa shape index (κ2) is 6.71. The predicted molar refractivity (Wildman–Crippen MR) is 92.7 cm³/mol. The zero-order valence-corrected chi connectivity index (χ0v) is 14.9. The van der Waals surface area contributed by atoms with Gasteiger partial charge >= 0.3 is 5.97 Å². The standard InChI is InChI=1S/C16H15BrClNO2S/c17-14-8-7-13(22-14)15(10-4-1-2-5-11(10)18)19-9-3-6-12(19)16(20)21/h1-2,4-5,7-8,12,15H,3,6,9H2,(H,20,21). The van der Waals surface area contributed by atoms with Gasteiger partial charge in [-0.3, -0.25) is 9.69 Å². The molecule has 1 aromatic heterocycles. The van der Waals surface area contributed by atoms with E-state index in [1.807, 2.05) is 36.4 Å². The van der Waals surface area contributed by atoms with Gasteiger partial charge in [0.25, 0.3) is 0 Å². The number of likely N-dealkylation sites (tertiary alicyclic amines) is 1. The number of hydrogen-bond donors (Lipinski definition) is 1. The topological polar surface area (TPSA) is 40.5 Å². The molecule has 1 fully saturated rings. The summed E-state index contributed by atoms with van der Waals surface area (Å²) in [5, 5.41) is 10.2. The Labute approximate surface area is 146 Å². The number of benzene rings is 1. The third-order valence-corrected chi connectivity index (χ3v) is 5.99. The summed E-state index contributed by atoms with van der Waals surface area (Å²) in [5.41, 5.74) is 0.965. The van der Waals surface area contributed by atoms with Crippen LogP contribution in [0, 0.1) is 0 Å². The zero-order chi connectivity index (χ0) is 15.7. The van der Waals surface area contributed by atoms with Crippen molar-refractivity contribution in [2.75, 3.05) is 6.54 Å². The molecule has 2 atom stereocenters. The van der Waals surface area contributed by atoms with E-state index in [1.54, 1.807) is 11.3 Å². The fourth-order valence-electron chi connectivity index (χ4n) is 3.03. The number of thiophene rings is 1. The lowest BCUT2D eigenvalue weighted by molar-refractivity contribution is -0.142. The smallest absolute Gasteiger partial charge is 0.320 e. The first-order valence-electron chi connectivity index (χ1n) is 7.06. The summed E-state index contributed by atoms with van der Waals surface area (Å²) in [4.78, 5) is 14.8. The fourth-order valence-corrected chi connectivity index (χ4v) is 4.83. The molecule has 1 N–H and O–H groups in total. The molecule has 0 spiro atoms. The van der Waals surface area contributed by atoms with Crippen molar-refractivity contribution in [1.29, 1.82) is 0 Å². The molecule has 1 saturated heterocycles. The molecule has 1 aliphatic heterocycles. The molecule has 2 unspecified atom stereocenters. The van der Waals surface area contributed by atoms with Gasteiger partial charge in [-0.2, -0.15) is 0 Å². The molecule has 2 heterocycles. The van der Waals surface area contributed by atoms with E-state index in [1.165, 1.54) is 0 Å². The normalized spacial score (nSPS) is 20.2. The highest BCUT2D eigenvalue weighted by atomic mass is 79.9. The van der Waals surface area contributed by atoms with Crippen molar-refractivity contribution in [1.82, 2.24) is 4.90 Å². The van der Waals surface area contributed by atoms with Crippen LogP contribution in [0.4, 0.5) is 0 Å². The predicted octanol–water partition coefficient (Wildman–Crippen LogP) is 4.80. The first-order chi connectivity index (χ1) is 10.6. The second-order valence-electron chi connectivity index (χ2n) is 5.30. The SMILES string of the molecule is O=C(O)C1CCCN1C(c1ccc(Br)s1)c1ccccc1Cl. The summed E-state index contributed by atoms with van der Waals surface area (Å²) < 4.78 is 1.03. The van der Waals surface area contributed by atoms with Crippen LogP contribution in [0.5, 0.6) is 0 Å². The van der Waals surface area contributed by atoms with E-state index < -0.39 is 12.0 Å². The van der Waals surface area contributed by atoms with Gasteiger partial charge in [0.05, 0.1) is 9.83 Å². The fraction of sp³-hybridized carbons (Fsp3) is 0.312. The third-order valence-electron chi connectivity index (χ3n) is 3.97. The summed E-state index contributed by atoms with van der Waals surface area (Å²) in [7, 11) is 0. The number of carbonyl (C=O) groups is 1. The molecular formula is C16H15BrClNO2S. The molecule has 6 heteroatoms. The van der Waals surface area contributed by atoms with Crippen molar-refractivity contribution in [3.63, 3.8) is 0 Å². The first kappa shape index (κ1) is 16.0. The minimum atomic E-state index is -0.759. The lowest BCUT2D eigenvalue weighted by atomic mass is 10.0. The summed E-state index contributed by atoms with van der Waals surface area (Å²) in [6.07, 6.45) is 1.58. The van der Waals surface area contributed by atoms with E-state index in [-0.39, 0.29) is 6.04 Å². The molecule has 2 aromatic rings. The van der Waals surface area contributed by atoms with Gasteiger partial charge in [-0.05, 0) is 52.5 Å². The molecule has 0 radical (unpaired) electrons. The molecule has 0 amide bonds. The Hall–Kier alpha value is -0.880. The third kappa shape index (κ3) is 3.08. The summed E-state index contributed by atoms with van der Waals surface area (Å²) >= 11 is 11.5. The van der Waals surface area contributed by atoms with E-state index in [4.69, 9.17) is 11.6 Å². The van der Waals surface area contributed by atoms with Crippen LogP contribution in [-0.4, -0.2) is 28.6 Å². The zero-order valence-electron chi connectivity index (χ0n) is 11.7. The van der Waals surface area contributed by atoms with Crippen LogP contribution >= 0.6 is 38.9 Å². The Morgan fingerprint density at radius 1 is 1.36 bits per heavy atom. The van der Waals surface area contributed by atoms with E-state index in [9.17, 15) is 9.90 Å². The highest BCUT2D eigenvalue weighted by Crippen LogP contribution is 2.41. The van der Waals surface area contributed by atoms with Crippen LogP contribution in [-0.2, 0) is 4.79 Å². The average Bonchev–Trinajstić information content (AvgIpc) is 3.11. The van der Waals surface area contributed by atoms with Crippen molar-refractivity contribution in [3.05, 3.63) is 55.6 Å². The van der Waals surface area contributed by atoms with E-state index in [0.717, 1.165) is 27.2 Å². The largest absolute Gasteiger partial charge is 0.480 e. The van der Waals surface area contributed by atoms with E-state index in [0.29, 0.717) is 11.4 Å². The lowest BCUT2D eigenvalue weighted by Gasteiger charge is -2.31. The maximum absolute atomic E-state index is 11.6. The Kier molecular flexibility index (Phi) is 4.88. The van der Waals surface area contributed by atoms with Crippen LogP contribution in [0.3, 0.4) is 0 Å². The van der Waals surface area contributed by atoms with Gasteiger partial charge < -0.3 is 5.11 Å². The summed E-state index contributed by atoms with van der Waals surface area (Å²) in [5.74, 6) is -0.759. The van der Waals surface area contributed by atoms with Crippen molar-refractivity contribution in [2.24, 2.45) is 0 Å². The number of hydrogen-bond acceptors (Lipinski definition) is 3. The molecule has 3 rings (SSSR count). The van der Waals surface area contributed by atoms with Crippen molar-refractivity contribution >= 4 is 44.8 Å². The van der Waals surface area contributed by atoms with Gasteiger partial charge in [-0.1, -0.05) is 29.8 Å². The lowest BCUT2D eigenvalue weighted by Crippen LogP contribution is -2.39. The second-order valence-corrected chi connectivity index (χ2v) is 8.20. The molecule has 3 nitrogen and oxygen atoms in total. The molecule has 1 aliphatic rings. The van der Waals surface area contributed by atoms with Crippen molar-refractivity contribution in [3.8, 4) is 0 Å². The quantitative estimate of drug-likeness (QED) is 0.801. The molecule has 0 aliphatic carbocycles. The van der Waals surface area contributed by atoms with Gasteiger partial charge in [0.2, 0.25) is 0 Å². The van der Waals surface area contributed by atoms with Crippen LogP contribution < -0.4 is 0 Å². The molecule has 0 bridgehead atoms. The molecular weight excluding hydrogens is 386 g/mol. The van der Waals surface area contributed by atoms with Gasteiger partial charge in [0.15, 0.2) is 0 Å². The highest BCUT2D eigenvalue weighted by molar-refractivity contribution is 9.11. The maximum Gasteiger partial charge on any atom is 0.320 e. The van der Waals surface area contributed by atoms with Crippen LogP contribution in [0.15, 0.2) is 40.2 Å². The molecule has 116 valence electrons. The summed E-state index contributed by atoms with van der Waals surface area (Å²) in [6, 6.07) is 11.1. The number of nitrogens with zero attached hydrogens (tertiary/aromatic N) is 1. The first-order valence-corrected chi connectivity index (χ1v) is 9.05. The molecule has 22 heavy (non-hydrogen) atoms. The van der Waals surface area contributed by atoms with Crippen LogP contribution in [0.1, 0.15) is 29.3 Å². The number of carboxylic acids is 1. The number of aliphatic carboxylic acids is 1. The minimum Gasteiger partial charge on any atom is -0.480 e. The van der Waals surface area contributed by atoms with Gasteiger partial charge in [0.1, 0.15) is 6.04 Å². The van der Waals surface area contributed by atoms with E-state index in [2.05, 4.69) is 20.8 Å². The maximum atomic E-state index is 11.6. The van der Waals surface area contributed by atoms with Crippen molar-refractivity contribution in [2.45, 2.75) is 24.9 Å². The van der Waals surface area contributed by atoms with Gasteiger partial charge in [-0.15, -0.1) is 11.3 Å². The highest BCUT2D eigenvalue weighted by Gasteiger charge is 2.38. The molecule has 0 saturated carbocycles. The Morgan fingerprint density at radius 3 is 2.77 bits per heavy atom. The van der Waals surface area contributed by atoms with Gasteiger partial charge in [0, 0.05) is 16.4 Å². The number of halogens is 2. The Bertz CT molecular complexity index is 690. The van der Waals surface area contributed by atoms with Crippen LogP contribution in [0.25, 0.3) is 0 Å². The Balaban J connectivity index is 2.07. The van der Waals surface area contributed by atoms with Crippen molar-refractivity contribution < 1.29 is 9.90 Å². The molecule has 1 aromatic carbocycles. The van der Waals surface area contributed by atoms with E-state index >= 15 is 0 Å². The number of rotatable bonds is 4. The van der Waals surface area contributed by atoms with Crippen LogP contribution in [0.2, 0.25) is 5.02 Å². The monoisotopic (exact) mass is 399 g/mol. The Morgan fingerprint density at radius 2 is 2.14 bits per heavy atom. The average molecular weight is 401 g/mol. The summed E-state index contributed by atoms with van der Waals surface area (Å²) in [6.45, 7) is 0.766. The number of carboxylic acid groups (broad SMARTS) is 1.